The molecule has 8 heteroatoms. The van der Waals surface area contributed by atoms with Gasteiger partial charge in [0.25, 0.3) is 11.6 Å². The molecule has 156 valence electrons. The van der Waals surface area contributed by atoms with E-state index in [9.17, 15) is 14.9 Å². The van der Waals surface area contributed by atoms with Gasteiger partial charge in [0.15, 0.2) is 0 Å². The van der Waals surface area contributed by atoms with E-state index in [1.54, 1.807) is 11.0 Å². The highest BCUT2D eigenvalue weighted by Gasteiger charge is 2.26. The topological polar surface area (TPSA) is 75.9 Å². The number of morpholine rings is 1. The molecular formula is C22H22ClN3O4. The van der Waals surface area contributed by atoms with Crippen LogP contribution >= 0.6 is 11.6 Å². The van der Waals surface area contributed by atoms with Crippen molar-refractivity contribution in [3.63, 3.8) is 0 Å². The number of halogens is 1. The molecule has 2 heterocycles. The summed E-state index contributed by atoms with van der Waals surface area (Å²) in [6.07, 6.45) is 2.76. The standard InChI is InChI=1S/C22H22ClN3O4/c23-18-3-1-16(2-4-18)17-7-9-25(10-8-17)22(27)20-15-19(26(28)29)5-6-21(20)24-11-13-30-14-12-24/h1-7,15H,8-14H2. The van der Waals surface area contributed by atoms with Gasteiger partial charge >= 0.3 is 0 Å². The smallest absolute Gasteiger partial charge is 0.270 e. The summed E-state index contributed by atoms with van der Waals surface area (Å²) in [4.78, 5) is 27.9. The molecule has 0 saturated carbocycles. The van der Waals surface area contributed by atoms with Gasteiger partial charge in [-0.3, -0.25) is 14.9 Å². The minimum absolute atomic E-state index is 0.0789. The molecule has 0 atom stereocenters. The van der Waals surface area contributed by atoms with Crippen molar-refractivity contribution in [1.82, 2.24) is 4.90 Å². The molecule has 2 aromatic rings. The first-order chi connectivity index (χ1) is 14.5. The fourth-order valence-corrected chi connectivity index (χ4v) is 3.96. The lowest BCUT2D eigenvalue weighted by atomic mass is 9.99. The number of benzene rings is 2. The first kappa shape index (κ1) is 20.4. The Balaban J connectivity index is 1.58. The third-order valence-electron chi connectivity index (χ3n) is 5.48. The summed E-state index contributed by atoms with van der Waals surface area (Å²) in [5.41, 5.74) is 3.28. The van der Waals surface area contributed by atoms with Crippen LogP contribution in [0.2, 0.25) is 5.02 Å². The maximum atomic E-state index is 13.3. The molecule has 0 aliphatic carbocycles. The minimum atomic E-state index is -0.464. The number of anilines is 1. The third kappa shape index (κ3) is 4.32. The summed E-state index contributed by atoms with van der Waals surface area (Å²) in [7, 11) is 0. The van der Waals surface area contributed by atoms with Crippen LogP contribution in [0.5, 0.6) is 0 Å². The number of amides is 1. The predicted molar refractivity (Wildman–Crippen MR) is 116 cm³/mol. The van der Waals surface area contributed by atoms with Crippen LogP contribution in [0.1, 0.15) is 22.3 Å². The van der Waals surface area contributed by atoms with Gasteiger partial charge in [-0.15, -0.1) is 0 Å². The van der Waals surface area contributed by atoms with Gasteiger partial charge < -0.3 is 14.5 Å². The number of hydrogen-bond donors (Lipinski definition) is 0. The Labute approximate surface area is 179 Å². The van der Waals surface area contributed by atoms with Gasteiger partial charge in [0, 0.05) is 43.3 Å². The number of carbonyl (C=O) groups is 1. The summed E-state index contributed by atoms with van der Waals surface area (Å²) in [6.45, 7) is 3.46. The van der Waals surface area contributed by atoms with Gasteiger partial charge in [0.05, 0.1) is 29.4 Å². The minimum Gasteiger partial charge on any atom is -0.378 e. The summed E-state index contributed by atoms with van der Waals surface area (Å²) in [5, 5.41) is 12.0. The van der Waals surface area contributed by atoms with Crippen LogP contribution in [0.25, 0.3) is 5.57 Å². The molecule has 2 aliphatic rings. The van der Waals surface area contributed by atoms with Crippen LogP contribution in [-0.2, 0) is 4.74 Å². The third-order valence-corrected chi connectivity index (χ3v) is 5.74. The number of nitro groups is 1. The largest absolute Gasteiger partial charge is 0.378 e. The zero-order valence-electron chi connectivity index (χ0n) is 16.4. The second-order valence-corrected chi connectivity index (χ2v) is 7.73. The second kappa shape index (κ2) is 8.85. The Morgan fingerprint density at radius 2 is 1.80 bits per heavy atom. The van der Waals surface area contributed by atoms with E-state index in [0.717, 1.165) is 17.7 Å². The van der Waals surface area contributed by atoms with Gasteiger partial charge in [-0.25, -0.2) is 0 Å². The highest BCUT2D eigenvalue weighted by Crippen LogP contribution is 2.30. The SMILES string of the molecule is O=C(c1cc([N+](=O)[O-])ccc1N1CCOCC1)N1CC=C(c2ccc(Cl)cc2)CC1. The van der Waals surface area contributed by atoms with E-state index < -0.39 is 4.92 Å². The van der Waals surface area contributed by atoms with Crippen molar-refractivity contribution in [2.24, 2.45) is 0 Å². The van der Waals surface area contributed by atoms with Crippen molar-refractivity contribution < 1.29 is 14.5 Å². The van der Waals surface area contributed by atoms with Crippen molar-refractivity contribution in [3.8, 4) is 0 Å². The molecule has 2 aliphatic heterocycles. The van der Waals surface area contributed by atoms with E-state index in [0.29, 0.717) is 50.0 Å². The van der Waals surface area contributed by atoms with Gasteiger partial charge in [0.2, 0.25) is 0 Å². The molecule has 4 rings (SSSR count). The lowest BCUT2D eigenvalue weighted by molar-refractivity contribution is -0.384. The number of carbonyl (C=O) groups excluding carboxylic acids is 1. The lowest BCUT2D eigenvalue weighted by Crippen LogP contribution is -2.39. The maximum Gasteiger partial charge on any atom is 0.270 e. The maximum absolute atomic E-state index is 13.3. The lowest BCUT2D eigenvalue weighted by Gasteiger charge is -2.32. The monoisotopic (exact) mass is 427 g/mol. The van der Waals surface area contributed by atoms with E-state index in [4.69, 9.17) is 16.3 Å². The molecule has 0 spiro atoms. The zero-order chi connectivity index (χ0) is 21.1. The zero-order valence-corrected chi connectivity index (χ0v) is 17.2. The molecule has 30 heavy (non-hydrogen) atoms. The molecule has 2 aromatic carbocycles. The highest BCUT2D eigenvalue weighted by atomic mass is 35.5. The fraction of sp³-hybridized carbons (Fsp3) is 0.318. The first-order valence-corrected chi connectivity index (χ1v) is 10.3. The number of non-ortho nitro benzene ring substituents is 1. The molecule has 1 saturated heterocycles. The number of ether oxygens (including phenoxy) is 1. The molecule has 7 nitrogen and oxygen atoms in total. The molecule has 0 radical (unpaired) electrons. The van der Waals surface area contributed by atoms with Gasteiger partial charge in [-0.2, -0.15) is 0 Å². The van der Waals surface area contributed by atoms with Crippen molar-refractivity contribution >= 4 is 34.5 Å². The van der Waals surface area contributed by atoms with Gasteiger partial charge in [-0.05, 0) is 35.8 Å². The molecular weight excluding hydrogens is 406 g/mol. The number of nitro benzene ring substituents is 1. The number of nitrogens with zero attached hydrogens (tertiary/aromatic N) is 3. The van der Waals surface area contributed by atoms with Crippen LogP contribution in [0.15, 0.2) is 48.5 Å². The van der Waals surface area contributed by atoms with Crippen molar-refractivity contribution in [1.29, 1.82) is 0 Å². The Bertz CT molecular complexity index is 984. The average Bonchev–Trinajstić information content (AvgIpc) is 2.79. The van der Waals surface area contributed by atoms with Crippen LogP contribution < -0.4 is 4.90 Å². The molecule has 0 N–H and O–H groups in total. The summed E-state index contributed by atoms with van der Waals surface area (Å²) in [5.74, 6) is -0.188. The fourth-order valence-electron chi connectivity index (χ4n) is 3.84. The second-order valence-electron chi connectivity index (χ2n) is 7.30. The Morgan fingerprint density at radius 3 is 2.43 bits per heavy atom. The summed E-state index contributed by atoms with van der Waals surface area (Å²) < 4.78 is 5.40. The van der Waals surface area contributed by atoms with Gasteiger partial charge in [-0.1, -0.05) is 29.8 Å². The van der Waals surface area contributed by atoms with E-state index in [1.807, 2.05) is 30.3 Å². The quantitative estimate of drug-likeness (QED) is 0.544. The Hall–Kier alpha value is -2.90. The molecule has 1 fully saturated rings. The molecule has 0 unspecified atom stereocenters. The van der Waals surface area contributed by atoms with E-state index in [-0.39, 0.29) is 11.6 Å². The van der Waals surface area contributed by atoms with E-state index in [1.165, 1.54) is 17.7 Å². The van der Waals surface area contributed by atoms with Crippen LogP contribution in [-0.4, -0.2) is 55.1 Å². The summed E-state index contributed by atoms with van der Waals surface area (Å²) in [6, 6.07) is 12.2. The summed E-state index contributed by atoms with van der Waals surface area (Å²) >= 11 is 5.96. The van der Waals surface area contributed by atoms with Crippen LogP contribution in [0, 0.1) is 10.1 Å². The normalized spacial score (nSPS) is 16.9. The molecule has 1 amide bonds. The van der Waals surface area contributed by atoms with Crippen molar-refractivity contribution in [3.05, 3.63) is 74.8 Å². The first-order valence-electron chi connectivity index (χ1n) is 9.88. The van der Waals surface area contributed by atoms with Crippen molar-refractivity contribution in [2.45, 2.75) is 6.42 Å². The van der Waals surface area contributed by atoms with E-state index >= 15 is 0 Å². The van der Waals surface area contributed by atoms with Gasteiger partial charge in [0.1, 0.15) is 0 Å². The Kier molecular flexibility index (Phi) is 6.01. The Morgan fingerprint density at radius 1 is 1.07 bits per heavy atom. The number of hydrogen-bond acceptors (Lipinski definition) is 5. The van der Waals surface area contributed by atoms with Crippen LogP contribution in [0.4, 0.5) is 11.4 Å². The molecule has 0 bridgehead atoms. The average molecular weight is 428 g/mol. The van der Waals surface area contributed by atoms with Crippen molar-refractivity contribution in [2.75, 3.05) is 44.3 Å². The predicted octanol–water partition coefficient (Wildman–Crippen LogP) is 4.01. The molecule has 0 aromatic heterocycles. The van der Waals surface area contributed by atoms with Crippen LogP contribution in [0.3, 0.4) is 0 Å². The highest BCUT2D eigenvalue weighted by molar-refractivity contribution is 6.30. The van der Waals surface area contributed by atoms with E-state index in [2.05, 4.69) is 4.90 Å². The number of rotatable bonds is 4.